The lowest BCUT2D eigenvalue weighted by atomic mass is 10.1. The van der Waals surface area contributed by atoms with Crippen LogP contribution in [0.3, 0.4) is 0 Å². The summed E-state index contributed by atoms with van der Waals surface area (Å²) in [6, 6.07) is 11.7. The van der Waals surface area contributed by atoms with E-state index in [0.29, 0.717) is 15.7 Å². The quantitative estimate of drug-likeness (QED) is 0.203. The van der Waals surface area contributed by atoms with Crippen LogP contribution in [0.4, 0.5) is 0 Å². The number of nitrogens with zero attached hydrogens (tertiary/aromatic N) is 1. The van der Waals surface area contributed by atoms with Gasteiger partial charge in [0.25, 0.3) is 5.91 Å². The molecule has 0 saturated heterocycles. The number of thiophene rings is 1. The van der Waals surface area contributed by atoms with Crippen molar-refractivity contribution in [3.05, 3.63) is 80.5 Å². The molecule has 0 saturated carbocycles. The number of hydrogen-bond acceptors (Lipinski definition) is 9. The monoisotopic (exact) mass is 640 g/mol. The maximum atomic E-state index is 13.0. The minimum Gasteiger partial charge on any atom is -0.507 e. The van der Waals surface area contributed by atoms with Gasteiger partial charge >= 0.3 is 11.9 Å². The van der Waals surface area contributed by atoms with Gasteiger partial charge in [0.2, 0.25) is 10.0 Å². The first kappa shape index (κ1) is 32.1. The fourth-order valence-electron chi connectivity index (χ4n) is 3.54. The molecule has 0 aliphatic carbocycles. The number of hydrogen-bond donors (Lipinski definition) is 4. The molecule has 0 spiro atoms. The first-order valence-electron chi connectivity index (χ1n) is 11.8. The van der Waals surface area contributed by atoms with Crippen molar-refractivity contribution in [2.75, 3.05) is 12.8 Å². The summed E-state index contributed by atoms with van der Waals surface area (Å²) in [6.07, 6.45) is -0.610. The summed E-state index contributed by atoms with van der Waals surface area (Å²) in [5.41, 5.74) is 0.249. The molecule has 15 heteroatoms. The minimum atomic E-state index is -4.15. The number of aliphatic carboxylic acids is 1. The molecule has 1 aromatic heterocycles. The summed E-state index contributed by atoms with van der Waals surface area (Å²) in [6.45, 7) is -0.167. The van der Waals surface area contributed by atoms with Crippen LogP contribution >= 0.6 is 34.7 Å². The summed E-state index contributed by atoms with van der Waals surface area (Å²) < 4.78 is 26.9. The highest BCUT2D eigenvalue weighted by molar-refractivity contribution is 7.99. The fraction of sp³-hybridized carbons (Fsp3) is 0.231. The van der Waals surface area contributed by atoms with Crippen molar-refractivity contribution in [2.45, 2.75) is 29.7 Å². The Morgan fingerprint density at radius 1 is 1.07 bits per heavy atom. The van der Waals surface area contributed by atoms with Crippen LogP contribution in [0.1, 0.15) is 36.9 Å². The first-order valence-corrected chi connectivity index (χ1v) is 15.6. The Labute approximate surface area is 248 Å². The van der Waals surface area contributed by atoms with Crippen molar-refractivity contribution in [2.24, 2.45) is 0 Å². The Hall–Kier alpha value is -3.43. The molecule has 41 heavy (non-hydrogen) atoms. The van der Waals surface area contributed by atoms with E-state index in [-0.39, 0.29) is 22.1 Å². The lowest BCUT2D eigenvalue weighted by molar-refractivity contribution is -0.139. The number of halogens is 1. The van der Waals surface area contributed by atoms with Gasteiger partial charge in [-0.05, 0) is 42.0 Å². The molecule has 0 aliphatic rings. The smallest absolute Gasteiger partial charge is 0.339 e. The van der Waals surface area contributed by atoms with Crippen molar-refractivity contribution in [1.29, 1.82) is 0 Å². The average Bonchev–Trinajstić information content (AvgIpc) is 3.37. The van der Waals surface area contributed by atoms with E-state index in [1.165, 1.54) is 30.9 Å². The molecule has 2 aromatic carbocycles. The third-order valence-corrected chi connectivity index (χ3v) is 9.94. The van der Waals surface area contributed by atoms with Gasteiger partial charge in [0, 0.05) is 29.2 Å². The van der Waals surface area contributed by atoms with Crippen molar-refractivity contribution < 1.29 is 42.9 Å². The predicted molar refractivity (Wildman–Crippen MR) is 154 cm³/mol. The maximum Gasteiger partial charge on any atom is 0.339 e. The second-order valence-corrected chi connectivity index (χ2v) is 13.3. The van der Waals surface area contributed by atoms with Gasteiger partial charge in [-0.3, -0.25) is 14.4 Å². The Morgan fingerprint density at radius 2 is 1.78 bits per heavy atom. The molecule has 1 atom stereocenters. The minimum absolute atomic E-state index is 0.0529. The third-order valence-electron chi connectivity index (χ3n) is 5.70. The highest BCUT2D eigenvalue weighted by Gasteiger charge is 2.27. The highest BCUT2D eigenvalue weighted by Crippen LogP contribution is 2.26. The molecular formula is C26H25ClN2O9S3. The molecule has 0 fully saturated rings. The van der Waals surface area contributed by atoms with Gasteiger partial charge in [-0.25, -0.2) is 13.2 Å². The van der Waals surface area contributed by atoms with Crippen LogP contribution < -0.4 is 5.32 Å². The van der Waals surface area contributed by atoms with Gasteiger partial charge < -0.3 is 20.6 Å². The van der Waals surface area contributed by atoms with E-state index < -0.39 is 57.4 Å². The summed E-state index contributed by atoms with van der Waals surface area (Å²) >= 11 is 8.31. The van der Waals surface area contributed by atoms with Crippen LogP contribution in [0.25, 0.3) is 0 Å². The molecule has 218 valence electrons. The van der Waals surface area contributed by atoms with E-state index in [0.717, 1.165) is 39.4 Å². The fourth-order valence-corrected chi connectivity index (χ4v) is 7.02. The number of Topliss-reactive ketones (excluding diaryl/α,β-unsaturated/α-hetero) is 1. The predicted octanol–water partition coefficient (Wildman–Crippen LogP) is 3.70. The van der Waals surface area contributed by atoms with E-state index in [1.807, 2.05) is 12.1 Å². The Bertz CT molecular complexity index is 1570. The number of sulfonamides is 1. The molecular weight excluding hydrogens is 616 g/mol. The number of amides is 1. The van der Waals surface area contributed by atoms with Crippen molar-refractivity contribution in [3.8, 4) is 5.75 Å². The number of aromatic carboxylic acids is 1. The van der Waals surface area contributed by atoms with E-state index >= 15 is 0 Å². The van der Waals surface area contributed by atoms with Crippen LogP contribution in [0, 0.1) is 0 Å². The molecule has 1 amide bonds. The second-order valence-electron chi connectivity index (χ2n) is 8.69. The zero-order chi connectivity index (χ0) is 30.3. The number of nitrogens with one attached hydrogen (secondary N) is 1. The van der Waals surface area contributed by atoms with Crippen molar-refractivity contribution in [1.82, 2.24) is 9.62 Å². The van der Waals surface area contributed by atoms with Crippen LogP contribution in [0.15, 0.2) is 59.5 Å². The number of thioether (sulfide) groups is 1. The van der Waals surface area contributed by atoms with E-state index in [2.05, 4.69) is 5.32 Å². The number of ketones is 1. The maximum absolute atomic E-state index is 13.0. The third kappa shape index (κ3) is 8.53. The molecule has 4 N–H and O–H groups in total. The summed E-state index contributed by atoms with van der Waals surface area (Å²) in [5.74, 6) is -4.13. The highest BCUT2D eigenvalue weighted by atomic mass is 35.5. The van der Waals surface area contributed by atoms with Crippen LogP contribution in [-0.2, 0) is 31.9 Å². The summed E-state index contributed by atoms with van der Waals surface area (Å²) in [7, 11) is -2.88. The summed E-state index contributed by atoms with van der Waals surface area (Å²) in [5, 5.41) is 31.1. The standard InChI is InChI=1S/C26H25ClN2O9S3/c1-29(41(37,38)17-7-8-21(30)18(10-17)26(35)36)12-16-6-9-23(40-16)25(34)28-20(11-24(32)33)22(31)14-39-13-15-4-2-3-5-19(15)27/h2-10,20,30H,11-14H2,1H3,(H,28,34)(H,32,33)(H,35,36)/t20-/m0/s1. The molecule has 11 nitrogen and oxygen atoms in total. The number of carbonyl (C=O) groups is 4. The average molecular weight is 641 g/mol. The van der Waals surface area contributed by atoms with Crippen LogP contribution in [-0.4, -0.2) is 70.5 Å². The van der Waals surface area contributed by atoms with Gasteiger partial charge in [0.05, 0.1) is 28.0 Å². The van der Waals surface area contributed by atoms with Crippen molar-refractivity contribution >= 4 is 68.4 Å². The molecule has 1 heterocycles. The van der Waals surface area contributed by atoms with Gasteiger partial charge in [-0.2, -0.15) is 4.31 Å². The zero-order valence-corrected chi connectivity index (χ0v) is 24.6. The molecule has 3 aromatic rings. The number of carboxylic acid groups (broad SMARTS) is 2. The van der Waals surface area contributed by atoms with Gasteiger partial charge in [0.1, 0.15) is 11.3 Å². The van der Waals surface area contributed by atoms with E-state index in [4.69, 9.17) is 16.7 Å². The lowest BCUT2D eigenvalue weighted by Crippen LogP contribution is -2.43. The number of benzene rings is 2. The number of phenols is 1. The van der Waals surface area contributed by atoms with E-state index in [1.54, 1.807) is 12.1 Å². The van der Waals surface area contributed by atoms with Gasteiger partial charge in [-0.15, -0.1) is 23.1 Å². The Morgan fingerprint density at radius 3 is 2.44 bits per heavy atom. The zero-order valence-electron chi connectivity index (χ0n) is 21.4. The topological polar surface area (TPSA) is 178 Å². The number of rotatable bonds is 14. The number of aromatic hydroxyl groups is 1. The van der Waals surface area contributed by atoms with Crippen LogP contribution in [0.5, 0.6) is 5.75 Å². The molecule has 0 radical (unpaired) electrons. The molecule has 3 rings (SSSR count). The van der Waals surface area contributed by atoms with E-state index in [9.17, 15) is 37.8 Å². The summed E-state index contributed by atoms with van der Waals surface area (Å²) in [4.78, 5) is 48.5. The molecule has 0 bridgehead atoms. The number of carbonyl (C=O) groups excluding carboxylic acids is 2. The van der Waals surface area contributed by atoms with Gasteiger partial charge in [-0.1, -0.05) is 29.8 Å². The Balaban J connectivity index is 1.65. The molecule has 0 unspecified atom stereocenters. The molecule has 0 aliphatic heterocycles. The van der Waals surface area contributed by atoms with Crippen molar-refractivity contribution in [3.63, 3.8) is 0 Å². The normalized spacial score (nSPS) is 12.2. The van der Waals surface area contributed by atoms with Gasteiger partial charge in [0.15, 0.2) is 5.78 Å². The number of carboxylic acids is 2. The lowest BCUT2D eigenvalue weighted by Gasteiger charge is -2.17. The largest absolute Gasteiger partial charge is 0.507 e. The SMILES string of the molecule is CN(Cc1ccc(C(=O)N[C@@H](CC(=O)O)C(=O)CSCc2ccccc2Cl)s1)S(=O)(=O)c1ccc(O)c(C(=O)O)c1. The first-order chi connectivity index (χ1) is 19.3. The van der Waals surface area contributed by atoms with Crippen LogP contribution in [0.2, 0.25) is 5.02 Å². The Kier molecular flexibility index (Phi) is 10.9. The second kappa shape index (κ2) is 14.0.